The minimum Gasteiger partial charge on any atom is -0.339 e. The zero-order chi connectivity index (χ0) is 15.1. The van der Waals surface area contributed by atoms with Crippen LogP contribution in [0.15, 0.2) is 22.0 Å². The summed E-state index contributed by atoms with van der Waals surface area (Å²) < 4.78 is 5.36. The summed E-state index contributed by atoms with van der Waals surface area (Å²) in [6.45, 7) is 2.77. The first-order valence-corrected chi connectivity index (χ1v) is 8.79. The summed E-state index contributed by atoms with van der Waals surface area (Å²) in [5, 5.41) is 6.15. The van der Waals surface area contributed by atoms with Gasteiger partial charge >= 0.3 is 0 Å². The second kappa shape index (κ2) is 5.50. The third-order valence-corrected chi connectivity index (χ3v) is 5.61. The van der Waals surface area contributed by atoms with Gasteiger partial charge in [0.2, 0.25) is 11.8 Å². The van der Waals surface area contributed by atoms with Gasteiger partial charge in [-0.3, -0.25) is 4.79 Å². The highest BCUT2D eigenvalue weighted by molar-refractivity contribution is 7.10. The molecule has 0 aromatic carbocycles. The van der Waals surface area contributed by atoms with Gasteiger partial charge in [0.25, 0.3) is 0 Å². The van der Waals surface area contributed by atoms with E-state index >= 15 is 0 Å². The van der Waals surface area contributed by atoms with E-state index in [0.717, 1.165) is 43.0 Å². The lowest BCUT2D eigenvalue weighted by atomic mass is 10.1. The second-order valence-corrected chi connectivity index (χ2v) is 7.17. The molecule has 1 saturated carbocycles. The van der Waals surface area contributed by atoms with Crippen LogP contribution < -0.4 is 0 Å². The lowest BCUT2D eigenvalue weighted by molar-refractivity contribution is -0.133. The molecule has 1 amide bonds. The van der Waals surface area contributed by atoms with Crippen LogP contribution in [-0.4, -0.2) is 27.5 Å². The number of rotatable bonds is 4. The van der Waals surface area contributed by atoms with E-state index in [1.54, 1.807) is 11.3 Å². The molecule has 3 heterocycles. The largest absolute Gasteiger partial charge is 0.339 e. The van der Waals surface area contributed by atoms with Crippen molar-refractivity contribution in [3.05, 3.63) is 34.1 Å². The molecule has 6 heteroatoms. The number of carbonyl (C=O) groups is 1. The van der Waals surface area contributed by atoms with Crippen molar-refractivity contribution in [1.82, 2.24) is 15.0 Å². The van der Waals surface area contributed by atoms with Crippen molar-refractivity contribution in [2.45, 2.75) is 50.5 Å². The van der Waals surface area contributed by atoms with Crippen LogP contribution in [-0.2, 0) is 4.79 Å². The number of hydrogen-bond donors (Lipinski definition) is 0. The average molecular weight is 317 g/mol. The van der Waals surface area contributed by atoms with E-state index in [1.165, 1.54) is 0 Å². The van der Waals surface area contributed by atoms with Crippen LogP contribution in [0.3, 0.4) is 0 Å². The zero-order valence-electron chi connectivity index (χ0n) is 12.6. The van der Waals surface area contributed by atoms with Crippen LogP contribution in [0, 0.1) is 0 Å². The van der Waals surface area contributed by atoms with Gasteiger partial charge in [0.15, 0.2) is 5.82 Å². The fourth-order valence-electron chi connectivity index (χ4n) is 3.09. The number of thiophene rings is 1. The first kappa shape index (κ1) is 13.9. The number of aromatic nitrogens is 2. The van der Waals surface area contributed by atoms with Crippen LogP contribution in [0.25, 0.3) is 0 Å². The maximum atomic E-state index is 12.8. The van der Waals surface area contributed by atoms with Crippen molar-refractivity contribution in [3.63, 3.8) is 0 Å². The average Bonchev–Trinajstić information content (AvgIpc) is 3.02. The van der Waals surface area contributed by atoms with Crippen molar-refractivity contribution >= 4 is 17.2 Å². The van der Waals surface area contributed by atoms with Crippen molar-refractivity contribution in [1.29, 1.82) is 0 Å². The summed E-state index contributed by atoms with van der Waals surface area (Å²) in [6.07, 6.45) is 4.21. The first-order valence-electron chi connectivity index (χ1n) is 7.91. The molecule has 116 valence electrons. The SMILES string of the molecule is C[C@H](C(=O)N1CCC[C@H]1c1noc(C2CC2)n1)c1cccs1. The van der Waals surface area contributed by atoms with Crippen LogP contribution >= 0.6 is 11.3 Å². The van der Waals surface area contributed by atoms with Crippen molar-refractivity contribution in [2.75, 3.05) is 6.54 Å². The number of hydrogen-bond acceptors (Lipinski definition) is 5. The molecule has 0 N–H and O–H groups in total. The highest BCUT2D eigenvalue weighted by Crippen LogP contribution is 2.40. The third-order valence-electron chi connectivity index (χ3n) is 4.56. The fraction of sp³-hybridized carbons (Fsp3) is 0.562. The molecule has 0 radical (unpaired) electrons. The highest BCUT2D eigenvalue weighted by Gasteiger charge is 2.37. The van der Waals surface area contributed by atoms with Gasteiger partial charge in [0, 0.05) is 17.3 Å². The molecule has 1 aliphatic heterocycles. The molecule has 1 saturated heterocycles. The maximum absolute atomic E-state index is 12.8. The van der Waals surface area contributed by atoms with Gasteiger partial charge in [0.1, 0.15) is 0 Å². The molecule has 2 aromatic heterocycles. The Bertz CT molecular complexity index is 663. The van der Waals surface area contributed by atoms with Gasteiger partial charge in [-0.15, -0.1) is 11.3 Å². The topological polar surface area (TPSA) is 59.2 Å². The quantitative estimate of drug-likeness (QED) is 0.866. The van der Waals surface area contributed by atoms with Crippen molar-refractivity contribution in [2.24, 2.45) is 0 Å². The van der Waals surface area contributed by atoms with Gasteiger partial charge in [-0.25, -0.2) is 0 Å². The summed E-state index contributed by atoms with van der Waals surface area (Å²) in [5.41, 5.74) is 0. The molecule has 5 nitrogen and oxygen atoms in total. The molecule has 2 aromatic rings. The Kier molecular flexibility index (Phi) is 3.48. The molecule has 22 heavy (non-hydrogen) atoms. The van der Waals surface area contributed by atoms with Crippen LogP contribution in [0.2, 0.25) is 0 Å². The monoisotopic (exact) mass is 317 g/mol. The van der Waals surface area contributed by atoms with Crippen molar-refractivity contribution in [3.8, 4) is 0 Å². The predicted octanol–water partition coefficient (Wildman–Crippen LogP) is 3.48. The van der Waals surface area contributed by atoms with Gasteiger partial charge in [-0.2, -0.15) is 4.98 Å². The van der Waals surface area contributed by atoms with Gasteiger partial charge in [-0.1, -0.05) is 11.2 Å². The normalized spacial score (nSPS) is 23.0. The molecule has 2 fully saturated rings. The van der Waals surface area contributed by atoms with E-state index in [9.17, 15) is 4.79 Å². The van der Waals surface area contributed by atoms with Crippen LogP contribution in [0.1, 0.15) is 67.1 Å². The lowest BCUT2D eigenvalue weighted by Gasteiger charge is -2.25. The Labute approximate surface area is 133 Å². The number of likely N-dealkylation sites (tertiary alicyclic amines) is 1. The predicted molar refractivity (Wildman–Crippen MR) is 82.7 cm³/mol. The minimum atomic E-state index is -0.101. The van der Waals surface area contributed by atoms with Gasteiger partial charge < -0.3 is 9.42 Å². The Morgan fingerprint density at radius 2 is 2.32 bits per heavy atom. The molecule has 2 aliphatic rings. The molecule has 4 rings (SSSR count). The Morgan fingerprint density at radius 3 is 3.05 bits per heavy atom. The molecule has 1 aliphatic carbocycles. The smallest absolute Gasteiger partial charge is 0.231 e. The molecular weight excluding hydrogens is 298 g/mol. The van der Waals surface area contributed by atoms with E-state index in [-0.39, 0.29) is 17.9 Å². The summed E-state index contributed by atoms with van der Waals surface area (Å²) >= 11 is 1.63. The van der Waals surface area contributed by atoms with Gasteiger partial charge in [0.05, 0.1) is 12.0 Å². The molecule has 0 unspecified atom stereocenters. The van der Waals surface area contributed by atoms with E-state index in [0.29, 0.717) is 11.7 Å². The number of carbonyl (C=O) groups excluding carboxylic acids is 1. The standard InChI is InChI=1S/C16H19N3O2S/c1-10(13-5-3-9-22-13)16(20)19-8-2-4-12(19)14-17-15(21-18-14)11-6-7-11/h3,5,9-12H,2,4,6-8H2,1H3/t10-,12-/m0/s1. The molecular formula is C16H19N3O2S. The van der Waals surface area contributed by atoms with Gasteiger partial charge in [-0.05, 0) is 44.1 Å². The Morgan fingerprint density at radius 1 is 1.45 bits per heavy atom. The van der Waals surface area contributed by atoms with E-state index < -0.39 is 0 Å². The lowest BCUT2D eigenvalue weighted by Crippen LogP contribution is -2.34. The van der Waals surface area contributed by atoms with E-state index in [4.69, 9.17) is 4.52 Å². The molecule has 0 bridgehead atoms. The molecule has 2 atom stereocenters. The number of amides is 1. The van der Waals surface area contributed by atoms with Crippen LogP contribution in [0.5, 0.6) is 0 Å². The Balaban J connectivity index is 1.53. The number of nitrogens with zero attached hydrogens (tertiary/aromatic N) is 3. The molecule has 0 spiro atoms. The second-order valence-electron chi connectivity index (χ2n) is 6.19. The Hall–Kier alpha value is -1.69. The van der Waals surface area contributed by atoms with E-state index in [2.05, 4.69) is 10.1 Å². The maximum Gasteiger partial charge on any atom is 0.231 e. The summed E-state index contributed by atoms with van der Waals surface area (Å²) in [7, 11) is 0. The summed E-state index contributed by atoms with van der Waals surface area (Å²) in [4.78, 5) is 20.4. The van der Waals surface area contributed by atoms with Crippen molar-refractivity contribution < 1.29 is 9.32 Å². The highest BCUT2D eigenvalue weighted by atomic mass is 32.1. The third kappa shape index (κ3) is 2.45. The zero-order valence-corrected chi connectivity index (χ0v) is 13.4. The first-order chi connectivity index (χ1) is 10.7. The summed E-state index contributed by atoms with van der Waals surface area (Å²) in [6, 6.07) is 4.00. The van der Waals surface area contributed by atoms with E-state index in [1.807, 2.05) is 29.3 Å². The summed E-state index contributed by atoms with van der Waals surface area (Å²) in [5.74, 6) is 1.96. The van der Waals surface area contributed by atoms with Crippen LogP contribution in [0.4, 0.5) is 0 Å². The minimum absolute atomic E-state index is 0.0221. The fourth-order valence-corrected chi connectivity index (χ4v) is 3.86.